The maximum absolute atomic E-state index is 5.29. The summed E-state index contributed by atoms with van der Waals surface area (Å²) in [6, 6.07) is 22.1. The Kier molecular flexibility index (Phi) is 4.08. The van der Waals surface area contributed by atoms with Gasteiger partial charge in [0.2, 0.25) is 0 Å². The maximum Gasteiger partial charge on any atom is 0.160 e. The number of hydrogen-bond donors (Lipinski definition) is 0. The van der Waals surface area contributed by atoms with E-state index in [4.69, 9.17) is 4.52 Å². The molecule has 1 heterocycles. The minimum atomic E-state index is 0.742. The second-order valence-corrected chi connectivity index (χ2v) is 4.64. The van der Waals surface area contributed by atoms with Gasteiger partial charge in [0, 0.05) is 6.07 Å². The molecule has 0 N–H and O–H groups in total. The normalized spacial score (nSPS) is 11.4. The summed E-state index contributed by atoms with van der Waals surface area (Å²) >= 11 is 0. The summed E-state index contributed by atoms with van der Waals surface area (Å²) in [5.41, 5.74) is 3.09. The summed E-state index contributed by atoms with van der Waals surface area (Å²) in [4.78, 5) is 0. The Bertz CT molecular complexity index is 676. The molecule has 0 atom stereocenters. The van der Waals surface area contributed by atoms with Gasteiger partial charge in [-0.3, -0.25) is 0 Å². The fourth-order valence-electron chi connectivity index (χ4n) is 1.95. The third-order valence-corrected chi connectivity index (χ3v) is 3.03. The molecule has 21 heavy (non-hydrogen) atoms. The van der Waals surface area contributed by atoms with Crippen molar-refractivity contribution in [1.29, 1.82) is 0 Å². The summed E-state index contributed by atoms with van der Waals surface area (Å²) in [5, 5.41) is 4.03. The van der Waals surface area contributed by atoms with Gasteiger partial charge in [-0.2, -0.15) is 0 Å². The van der Waals surface area contributed by atoms with Crippen molar-refractivity contribution in [2.24, 2.45) is 0 Å². The quantitative estimate of drug-likeness (QED) is 0.667. The van der Waals surface area contributed by atoms with Gasteiger partial charge in [-0.05, 0) is 23.3 Å². The van der Waals surface area contributed by atoms with Crippen molar-refractivity contribution in [3.05, 3.63) is 89.3 Å². The number of rotatable bonds is 4. The van der Waals surface area contributed by atoms with Gasteiger partial charge in [-0.25, -0.2) is 0 Å². The average molecular weight is 273 g/mol. The van der Waals surface area contributed by atoms with Gasteiger partial charge in [0.05, 0.1) is 0 Å². The third-order valence-electron chi connectivity index (χ3n) is 3.03. The highest BCUT2D eigenvalue weighted by Crippen LogP contribution is 2.12. The molecule has 0 unspecified atom stereocenters. The van der Waals surface area contributed by atoms with Crippen molar-refractivity contribution in [2.45, 2.75) is 0 Å². The SMILES string of the molecule is C(=Cc1cc(C=Cc2ccccc2)on1)c1ccccc1. The zero-order valence-electron chi connectivity index (χ0n) is 11.5. The van der Waals surface area contributed by atoms with E-state index in [-0.39, 0.29) is 0 Å². The van der Waals surface area contributed by atoms with Gasteiger partial charge in [0.25, 0.3) is 0 Å². The predicted octanol–water partition coefficient (Wildman–Crippen LogP) is 5.02. The van der Waals surface area contributed by atoms with E-state index < -0.39 is 0 Å². The Morgan fingerprint density at radius 1 is 0.667 bits per heavy atom. The molecule has 3 aromatic rings. The first-order chi connectivity index (χ1) is 10.4. The molecule has 0 spiro atoms. The molecule has 0 saturated carbocycles. The predicted molar refractivity (Wildman–Crippen MR) is 87.2 cm³/mol. The lowest BCUT2D eigenvalue weighted by atomic mass is 10.2. The second-order valence-electron chi connectivity index (χ2n) is 4.64. The molecular weight excluding hydrogens is 258 g/mol. The van der Waals surface area contributed by atoms with Crippen LogP contribution in [0.3, 0.4) is 0 Å². The van der Waals surface area contributed by atoms with Crippen LogP contribution >= 0.6 is 0 Å². The lowest BCUT2D eigenvalue weighted by Gasteiger charge is -1.89. The van der Waals surface area contributed by atoms with Crippen molar-refractivity contribution in [3.8, 4) is 0 Å². The average Bonchev–Trinajstić information content (AvgIpc) is 3.01. The van der Waals surface area contributed by atoms with Crippen LogP contribution in [0.4, 0.5) is 0 Å². The van der Waals surface area contributed by atoms with E-state index in [1.807, 2.05) is 91.0 Å². The van der Waals surface area contributed by atoms with Crippen molar-refractivity contribution in [1.82, 2.24) is 5.16 Å². The summed E-state index contributed by atoms with van der Waals surface area (Å²) in [6.45, 7) is 0. The fourth-order valence-corrected chi connectivity index (χ4v) is 1.95. The Labute approximate surface area is 124 Å². The van der Waals surface area contributed by atoms with Gasteiger partial charge >= 0.3 is 0 Å². The van der Waals surface area contributed by atoms with Crippen molar-refractivity contribution < 1.29 is 4.52 Å². The summed E-state index contributed by atoms with van der Waals surface area (Å²) in [7, 11) is 0. The lowest BCUT2D eigenvalue weighted by molar-refractivity contribution is 0.411. The molecule has 0 amide bonds. The van der Waals surface area contributed by atoms with E-state index >= 15 is 0 Å². The molecule has 0 saturated heterocycles. The molecule has 2 heteroatoms. The van der Waals surface area contributed by atoms with Gasteiger partial charge < -0.3 is 4.52 Å². The zero-order chi connectivity index (χ0) is 14.3. The molecule has 0 bridgehead atoms. The molecular formula is C19H15NO. The van der Waals surface area contributed by atoms with Crippen LogP contribution in [0.1, 0.15) is 22.6 Å². The van der Waals surface area contributed by atoms with Crippen molar-refractivity contribution in [3.63, 3.8) is 0 Å². The molecule has 3 rings (SSSR count). The van der Waals surface area contributed by atoms with E-state index in [9.17, 15) is 0 Å². The van der Waals surface area contributed by atoms with Gasteiger partial charge in [-0.1, -0.05) is 78.0 Å². The molecule has 1 aromatic heterocycles. The molecule has 0 aliphatic heterocycles. The van der Waals surface area contributed by atoms with E-state index in [1.54, 1.807) is 0 Å². The van der Waals surface area contributed by atoms with Crippen LogP contribution < -0.4 is 0 Å². The lowest BCUT2D eigenvalue weighted by Crippen LogP contribution is -1.70. The molecule has 0 aliphatic rings. The van der Waals surface area contributed by atoms with Crippen LogP contribution in [0.25, 0.3) is 24.3 Å². The number of nitrogens with zero attached hydrogens (tertiary/aromatic N) is 1. The van der Waals surface area contributed by atoms with Crippen molar-refractivity contribution >= 4 is 24.3 Å². The number of benzene rings is 2. The summed E-state index contributed by atoms with van der Waals surface area (Å²) in [5.74, 6) is 0.742. The Morgan fingerprint density at radius 3 is 1.86 bits per heavy atom. The summed E-state index contributed by atoms with van der Waals surface area (Å²) < 4.78 is 5.29. The zero-order valence-corrected chi connectivity index (χ0v) is 11.5. The van der Waals surface area contributed by atoms with Gasteiger partial charge in [0.1, 0.15) is 5.69 Å². The van der Waals surface area contributed by atoms with Gasteiger partial charge in [0.15, 0.2) is 5.76 Å². The Hall–Kier alpha value is -2.87. The third kappa shape index (κ3) is 3.80. The van der Waals surface area contributed by atoms with Crippen LogP contribution in [0.5, 0.6) is 0 Å². The van der Waals surface area contributed by atoms with Crippen LogP contribution in [0.15, 0.2) is 71.3 Å². The molecule has 2 nitrogen and oxygen atoms in total. The van der Waals surface area contributed by atoms with Crippen LogP contribution in [-0.2, 0) is 0 Å². The molecule has 0 fully saturated rings. The van der Waals surface area contributed by atoms with Crippen molar-refractivity contribution in [2.75, 3.05) is 0 Å². The second kappa shape index (κ2) is 6.53. The topological polar surface area (TPSA) is 26.0 Å². The molecule has 0 aliphatic carbocycles. The van der Waals surface area contributed by atoms with Crippen LogP contribution in [0.2, 0.25) is 0 Å². The minimum absolute atomic E-state index is 0.742. The Morgan fingerprint density at radius 2 is 1.24 bits per heavy atom. The highest BCUT2D eigenvalue weighted by atomic mass is 16.5. The van der Waals surface area contributed by atoms with Gasteiger partial charge in [-0.15, -0.1) is 0 Å². The highest BCUT2D eigenvalue weighted by Gasteiger charge is 1.97. The summed E-state index contributed by atoms with van der Waals surface area (Å²) in [6.07, 6.45) is 7.88. The molecule has 0 radical (unpaired) electrons. The molecule has 102 valence electrons. The largest absolute Gasteiger partial charge is 0.356 e. The Balaban J connectivity index is 1.69. The van der Waals surface area contributed by atoms with E-state index in [0.29, 0.717) is 0 Å². The first-order valence-electron chi connectivity index (χ1n) is 6.83. The monoisotopic (exact) mass is 273 g/mol. The number of aromatic nitrogens is 1. The van der Waals surface area contributed by atoms with Crippen LogP contribution in [0, 0.1) is 0 Å². The molecule has 2 aromatic carbocycles. The minimum Gasteiger partial charge on any atom is -0.356 e. The van der Waals surface area contributed by atoms with E-state index in [1.165, 1.54) is 0 Å². The maximum atomic E-state index is 5.29. The smallest absolute Gasteiger partial charge is 0.160 e. The van der Waals surface area contributed by atoms with Crippen LogP contribution in [-0.4, -0.2) is 5.16 Å². The highest BCUT2D eigenvalue weighted by molar-refractivity contribution is 5.71. The first-order valence-corrected chi connectivity index (χ1v) is 6.83. The van der Waals surface area contributed by atoms with E-state index in [2.05, 4.69) is 5.16 Å². The fraction of sp³-hybridized carbons (Fsp3) is 0. The first kappa shape index (κ1) is 13.1. The van der Waals surface area contributed by atoms with E-state index in [0.717, 1.165) is 22.6 Å². The standard InChI is InChI=1S/C19H15NO/c1-3-7-16(8-4-1)11-13-18-15-19(21-20-18)14-12-17-9-5-2-6-10-17/h1-15H. The number of hydrogen-bond acceptors (Lipinski definition) is 2.